The third-order valence-electron chi connectivity index (χ3n) is 2.58. The summed E-state index contributed by atoms with van der Waals surface area (Å²) < 4.78 is 38.7. The minimum atomic E-state index is -4.24. The maximum atomic E-state index is 12.6. The van der Waals surface area contributed by atoms with Crippen LogP contribution in [0.15, 0.2) is 40.7 Å². The van der Waals surface area contributed by atoms with Gasteiger partial charge >= 0.3 is 6.18 Å². The van der Waals surface area contributed by atoms with E-state index in [-0.39, 0.29) is 6.42 Å². The molecule has 0 N–H and O–H groups in total. The quantitative estimate of drug-likeness (QED) is 0.746. The van der Waals surface area contributed by atoms with Crippen LogP contribution in [0.25, 0.3) is 5.57 Å². The molecule has 1 heterocycles. The van der Waals surface area contributed by atoms with E-state index >= 15 is 0 Å². The van der Waals surface area contributed by atoms with Crippen molar-refractivity contribution in [3.8, 4) is 0 Å². The standard InChI is InChI=1S/C12H9BrF3N/c13-11-2-1-9(12(14,15)16)7-10(11)8-3-5-17-6-4-8/h3-7H,1-2H2. The Morgan fingerprint density at radius 1 is 1.12 bits per heavy atom. The Labute approximate surface area is 105 Å². The lowest BCUT2D eigenvalue weighted by Crippen LogP contribution is -2.14. The van der Waals surface area contributed by atoms with Crippen LogP contribution in [-0.4, -0.2) is 11.2 Å². The molecular weight excluding hydrogens is 295 g/mol. The molecule has 0 atom stereocenters. The van der Waals surface area contributed by atoms with Crippen LogP contribution in [0, 0.1) is 0 Å². The van der Waals surface area contributed by atoms with Crippen LogP contribution in [0.5, 0.6) is 0 Å². The number of halogens is 4. The lowest BCUT2D eigenvalue weighted by atomic mass is 9.95. The van der Waals surface area contributed by atoms with Crippen molar-refractivity contribution in [2.24, 2.45) is 0 Å². The first-order valence-corrected chi connectivity index (χ1v) is 5.84. The van der Waals surface area contributed by atoms with Crippen LogP contribution in [-0.2, 0) is 0 Å². The highest BCUT2D eigenvalue weighted by Gasteiger charge is 2.35. The summed E-state index contributed by atoms with van der Waals surface area (Å²) in [5.74, 6) is 0. The Bertz CT molecular complexity index is 474. The van der Waals surface area contributed by atoms with E-state index in [2.05, 4.69) is 20.9 Å². The molecule has 0 bridgehead atoms. The Balaban J connectivity index is 2.43. The largest absolute Gasteiger partial charge is 0.412 e. The fourth-order valence-corrected chi connectivity index (χ4v) is 2.24. The Morgan fingerprint density at radius 2 is 1.76 bits per heavy atom. The SMILES string of the molecule is FC(F)(F)C1=CC(c2ccncc2)=C(Br)CC1. The normalized spacial score (nSPS) is 17.1. The van der Waals surface area contributed by atoms with Crippen LogP contribution < -0.4 is 0 Å². The number of rotatable bonds is 1. The molecule has 0 unspecified atom stereocenters. The molecule has 0 saturated heterocycles. The van der Waals surface area contributed by atoms with Gasteiger partial charge in [-0.25, -0.2) is 0 Å². The lowest BCUT2D eigenvalue weighted by molar-refractivity contribution is -0.0939. The molecule has 1 aromatic rings. The fraction of sp³-hybridized carbons (Fsp3) is 0.250. The summed E-state index contributed by atoms with van der Waals surface area (Å²) in [6.07, 6.45) is 0.507. The Kier molecular flexibility index (Phi) is 3.38. The van der Waals surface area contributed by atoms with E-state index < -0.39 is 11.7 Å². The molecule has 0 spiro atoms. The smallest absolute Gasteiger partial charge is 0.265 e. The predicted molar refractivity (Wildman–Crippen MR) is 63.5 cm³/mol. The first kappa shape index (κ1) is 12.4. The van der Waals surface area contributed by atoms with Gasteiger partial charge in [-0.15, -0.1) is 0 Å². The van der Waals surface area contributed by atoms with Crippen molar-refractivity contribution in [3.05, 3.63) is 46.2 Å². The summed E-state index contributed by atoms with van der Waals surface area (Å²) in [7, 11) is 0. The highest BCUT2D eigenvalue weighted by molar-refractivity contribution is 9.11. The van der Waals surface area contributed by atoms with E-state index in [0.29, 0.717) is 12.0 Å². The van der Waals surface area contributed by atoms with Crippen LogP contribution in [0.1, 0.15) is 18.4 Å². The maximum absolute atomic E-state index is 12.6. The second kappa shape index (κ2) is 4.64. The van der Waals surface area contributed by atoms with Gasteiger partial charge in [0.15, 0.2) is 0 Å². The van der Waals surface area contributed by atoms with Gasteiger partial charge in [0.05, 0.1) is 0 Å². The molecule has 1 aliphatic rings. The lowest BCUT2D eigenvalue weighted by Gasteiger charge is -2.19. The van der Waals surface area contributed by atoms with Crippen molar-refractivity contribution in [1.29, 1.82) is 0 Å². The molecule has 90 valence electrons. The van der Waals surface area contributed by atoms with Crippen molar-refractivity contribution in [1.82, 2.24) is 4.98 Å². The summed E-state index contributed by atoms with van der Waals surface area (Å²) in [6, 6.07) is 3.40. The van der Waals surface area contributed by atoms with E-state index in [4.69, 9.17) is 0 Å². The molecule has 2 rings (SSSR count). The van der Waals surface area contributed by atoms with Gasteiger partial charge in [-0.3, -0.25) is 4.98 Å². The predicted octanol–water partition coefficient (Wildman–Crippen LogP) is 4.47. The van der Waals surface area contributed by atoms with Gasteiger partial charge in [0.25, 0.3) is 0 Å². The summed E-state index contributed by atoms with van der Waals surface area (Å²) >= 11 is 3.33. The summed E-state index contributed by atoms with van der Waals surface area (Å²) in [6.45, 7) is 0. The van der Waals surface area contributed by atoms with Crippen LogP contribution >= 0.6 is 15.9 Å². The zero-order chi connectivity index (χ0) is 12.5. The van der Waals surface area contributed by atoms with Gasteiger partial charge in [-0.1, -0.05) is 15.9 Å². The van der Waals surface area contributed by atoms with Crippen LogP contribution in [0.3, 0.4) is 0 Å². The van der Waals surface area contributed by atoms with Crippen molar-refractivity contribution < 1.29 is 13.2 Å². The van der Waals surface area contributed by atoms with Crippen LogP contribution in [0.4, 0.5) is 13.2 Å². The van der Waals surface area contributed by atoms with Gasteiger partial charge in [0.1, 0.15) is 0 Å². The molecule has 1 aromatic heterocycles. The average Bonchev–Trinajstić information content (AvgIpc) is 2.29. The second-order valence-electron chi connectivity index (χ2n) is 3.72. The number of aromatic nitrogens is 1. The summed E-state index contributed by atoms with van der Waals surface area (Å²) in [4.78, 5) is 3.85. The van der Waals surface area contributed by atoms with Gasteiger partial charge < -0.3 is 0 Å². The maximum Gasteiger partial charge on any atom is 0.412 e. The minimum absolute atomic E-state index is 0.0265. The Morgan fingerprint density at radius 3 is 2.35 bits per heavy atom. The third kappa shape index (κ3) is 2.77. The van der Waals surface area contributed by atoms with Gasteiger partial charge in [0.2, 0.25) is 0 Å². The summed E-state index contributed by atoms with van der Waals surface area (Å²) in [5, 5.41) is 0. The molecule has 17 heavy (non-hydrogen) atoms. The van der Waals surface area contributed by atoms with E-state index in [1.807, 2.05) is 0 Å². The highest BCUT2D eigenvalue weighted by Crippen LogP contribution is 2.40. The average molecular weight is 304 g/mol. The number of hydrogen-bond donors (Lipinski definition) is 0. The Hall–Kier alpha value is -1.10. The fourth-order valence-electron chi connectivity index (χ4n) is 1.70. The number of alkyl halides is 3. The number of allylic oxidation sites excluding steroid dienone is 4. The topological polar surface area (TPSA) is 12.9 Å². The summed E-state index contributed by atoms with van der Waals surface area (Å²) in [5.41, 5.74) is 0.854. The molecule has 1 nitrogen and oxygen atoms in total. The molecule has 1 aliphatic carbocycles. The zero-order valence-corrected chi connectivity index (χ0v) is 10.3. The van der Waals surface area contributed by atoms with Gasteiger partial charge in [0, 0.05) is 22.4 Å². The monoisotopic (exact) mass is 303 g/mol. The molecule has 0 fully saturated rings. The van der Waals surface area contributed by atoms with Gasteiger partial charge in [-0.2, -0.15) is 13.2 Å². The van der Waals surface area contributed by atoms with Crippen molar-refractivity contribution >= 4 is 21.5 Å². The molecule has 0 amide bonds. The highest BCUT2D eigenvalue weighted by atomic mass is 79.9. The molecular formula is C12H9BrF3N. The number of nitrogens with zero attached hydrogens (tertiary/aromatic N) is 1. The number of pyridine rings is 1. The van der Waals surface area contributed by atoms with E-state index in [1.54, 1.807) is 24.5 Å². The van der Waals surface area contributed by atoms with Crippen molar-refractivity contribution in [2.45, 2.75) is 19.0 Å². The zero-order valence-electron chi connectivity index (χ0n) is 8.76. The van der Waals surface area contributed by atoms with Gasteiger partial charge in [-0.05, 0) is 42.2 Å². The van der Waals surface area contributed by atoms with E-state index in [1.165, 1.54) is 6.08 Å². The van der Waals surface area contributed by atoms with Crippen LogP contribution in [0.2, 0.25) is 0 Å². The molecule has 5 heteroatoms. The van der Waals surface area contributed by atoms with Crippen molar-refractivity contribution in [2.75, 3.05) is 0 Å². The minimum Gasteiger partial charge on any atom is -0.265 e. The van der Waals surface area contributed by atoms with Crippen molar-refractivity contribution in [3.63, 3.8) is 0 Å². The van der Waals surface area contributed by atoms with E-state index in [9.17, 15) is 13.2 Å². The molecule has 0 aliphatic heterocycles. The molecule has 0 saturated carbocycles. The second-order valence-corrected chi connectivity index (χ2v) is 4.68. The molecule has 0 radical (unpaired) electrons. The van der Waals surface area contributed by atoms with E-state index in [0.717, 1.165) is 10.0 Å². The number of hydrogen-bond acceptors (Lipinski definition) is 1. The first-order valence-electron chi connectivity index (χ1n) is 5.05. The first-order chi connectivity index (χ1) is 7.98. The molecule has 0 aromatic carbocycles. The third-order valence-corrected chi connectivity index (χ3v) is 3.40.